The number of hydrogen-bond acceptors (Lipinski definition) is 1. The van der Waals surface area contributed by atoms with Crippen LogP contribution < -0.4 is 5.32 Å². The van der Waals surface area contributed by atoms with Crippen LogP contribution in [0.5, 0.6) is 0 Å². The van der Waals surface area contributed by atoms with E-state index in [0.717, 1.165) is 11.5 Å². The first-order valence-electron chi connectivity index (χ1n) is 3.41. The van der Waals surface area contributed by atoms with Gasteiger partial charge in [0.2, 0.25) is 0 Å². The van der Waals surface area contributed by atoms with E-state index < -0.39 is 0 Å². The molecule has 0 rings (SSSR count). The SMILES string of the molecule is CC/C(=C\C=C(/C)Cl)NC. The van der Waals surface area contributed by atoms with Gasteiger partial charge in [-0.25, -0.2) is 0 Å². The standard InChI is InChI=1S/C8H14ClN/c1-4-8(10-3)6-5-7(2)9/h5-6,10H,4H2,1-3H3/b7-5+,8-6+. The van der Waals surface area contributed by atoms with Gasteiger partial charge in [-0.3, -0.25) is 0 Å². The second-order valence-electron chi connectivity index (χ2n) is 2.05. The molecule has 2 heteroatoms. The van der Waals surface area contributed by atoms with Gasteiger partial charge in [0, 0.05) is 17.8 Å². The van der Waals surface area contributed by atoms with Crippen molar-refractivity contribution in [3.8, 4) is 0 Å². The Hall–Kier alpha value is -0.430. The molecule has 0 spiro atoms. The summed E-state index contributed by atoms with van der Waals surface area (Å²) in [4.78, 5) is 0. The number of allylic oxidation sites excluding steroid dienone is 4. The van der Waals surface area contributed by atoms with Crippen molar-refractivity contribution in [3.05, 3.63) is 22.9 Å². The number of halogens is 1. The van der Waals surface area contributed by atoms with Crippen molar-refractivity contribution < 1.29 is 0 Å². The summed E-state index contributed by atoms with van der Waals surface area (Å²) in [7, 11) is 1.91. The van der Waals surface area contributed by atoms with E-state index in [-0.39, 0.29) is 0 Å². The average molecular weight is 160 g/mol. The van der Waals surface area contributed by atoms with Gasteiger partial charge in [0.15, 0.2) is 0 Å². The van der Waals surface area contributed by atoms with Crippen molar-refractivity contribution in [1.29, 1.82) is 0 Å². The maximum atomic E-state index is 5.62. The lowest BCUT2D eigenvalue weighted by Crippen LogP contribution is -2.03. The number of rotatable bonds is 3. The first-order valence-corrected chi connectivity index (χ1v) is 3.79. The molecule has 0 fully saturated rings. The fourth-order valence-corrected chi connectivity index (χ4v) is 0.656. The van der Waals surface area contributed by atoms with E-state index in [1.807, 2.05) is 26.1 Å². The van der Waals surface area contributed by atoms with Crippen LogP contribution in [0.2, 0.25) is 0 Å². The Morgan fingerprint density at radius 3 is 2.40 bits per heavy atom. The highest BCUT2D eigenvalue weighted by Gasteiger charge is 1.84. The van der Waals surface area contributed by atoms with Crippen molar-refractivity contribution in [1.82, 2.24) is 5.32 Å². The molecule has 1 N–H and O–H groups in total. The molecular weight excluding hydrogens is 146 g/mol. The molecule has 1 nitrogen and oxygen atoms in total. The van der Waals surface area contributed by atoms with Crippen molar-refractivity contribution in [2.45, 2.75) is 20.3 Å². The summed E-state index contributed by atoms with van der Waals surface area (Å²) in [6, 6.07) is 0. The van der Waals surface area contributed by atoms with E-state index in [2.05, 4.69) is 12.2 Å². The topological polar surface area (TPSA) is 12.0 Å². The Balaban J connectivity index is 3.99. The molecule has 0 aliphatic heterocycles. The maximum Gasteiger partial charge on any atom is 0.0150 e. The van der Waals surface area contributed by atoms with E-state index in [0.29, 0.717) is 0 Å². The zero-order chi connectivity index (χ0) is 7.98. The van der Waals surface area contributed by atoms with Gasteiger partial charge in [-0.15, -0.1) is 0 Å². The molecule has 0 bridgehead atoms. The van der Waals surface area contributed by atoms with Gasteiger partial charge in [-0.1, -0.05) is 18.5 Å². The summed E-state index contributed by atoms with van der Waals surface area (Å²) >= 11 is 5.62. The van der Waals surface area contributed by atoms with Crippen LogP contribution in [0.3, 0.4) is 0 Å². The Morgan fingerprint density at radius 2 is 2.10 bits per heavy atom. The third-order valence-electron chi connectivity index (χ3n) is 1.22. The monoisotopic (exact) mass is 159 g/mol. The molecule has 0 heterocycles. The molecule has 0 aliphatic rings. The number of nitrogens with one attached hydrogen (secondary N) is 1. The highest BCUT2D eigenvalue weighted by Crippen LogP contribution is 2.01. The van der Waals surface area contributed by atoms with Gasteiger partial charge in [-0.05, 0) is 25.5 Å². The van der Waals surface area contributed by atoms with Crippen molar-refractivity contribution in [3.63, 3.8) is 0 Å². The molecule has 0 unspecified atom stereocenters. The molecule has 0 aromatic heterocycles. The third kappa shape index (κ3) is 4.45. The van der Waals surface area contributed by atoms with Crippen LogP contribution in [0.15, 0.2) is 22.9 Å². The Kier molecular flexibility index (Phi) is 5.13. The quantitative estimate of drug-likeness (QED) is 0.625. The van der Waals surface area contributed by atoms with Crippen LogP contribution in [0.1, 0.15) is 20.3 Å². The zero-order valence-corrected chi connectivity index (χ0v) is 7.50. The highest BCUT2D eigenvalue weighted by atomic mass is 35.5. The second kappa shape index (κ2) is 5.36. The van der Waals surface area contributed by atoms with E-state index in [1.165, 1.54) is 5.70 Å². The van der Waals surface area contributed by atoms with Gasteiger partial charge >= 0.3 is 0 Å². The lowest BCUT2D eigenvalue weighted by molar-refractivity contribution is 0.901. The Labute approximate surface area is 67.8 Å². The lowest BCUT2D eigenvalue weighted by atomic mass is 10.3. The van der Waals surface area contributed by atoms with Crippen LogP contribution in [0, 0.1) is 0 Å². The van der Waals surface area contributed by atoms with Crippen molar-refractivity contribution >= 4 is 11.6 Å². The van der Waals surface area contributed by atoms with Gasteiger partial charge in [0.25, 0.3) is 0 Å². The minimum Gasteiger partial charge on any atom is -0.391 e. The average Bonchev–Trinajstić information content (AvgIpc) is 1.90. The summed E-state index contributed by atoms with van der Waals surface area (Å²) in [5, 5.41) is 3.87. The summed E-state index contributed by atoms with van der Waals surface area (Å²) in [5.74, 6) is 0. The normalized spacial score (nSPS) is 13.6. The second-order valence-corrected chi connectivity index (χ2v) is 2.65. The van der Waals surface area contributed by atoms with E-state index in [4.69, 9.17) is 11.6 Å². The van der Waals surface area contributed by atoms with Crippen molar-refractivity contribution in [2.24, 2.45) is 0 Å². The molecular formula is C8H14ClN. The fourth-order valence-electron chi connectivity index (χ4n) is 0.593. The molecule has 58 valence electrons. The van der Waals surface area contributed by atoms with Crippen LogP contribution in [-0.4, -0.2) is 7.05 Å². The largest absolute Gasteiger partial charge is 0.391 e. The van der Waals surface area contributed by atoms with Crippen LogP contribution >= 0.6 is 11.6 Å². The van der Waals surface area contributed by atoms with Crippen LogP contribution in [0.4, 0.5) is 0 Å². The zero-order valence-electron chi connectivity index (χ0n) is 6.74. The molecule has 0 aliphatic carbocycles. The Bertz CT molecular complexity index is 137. The minimum atomic E-state index is 0.807. The van der Waals surface area contributed by atoms with Gasteiger partial charge < -0.3 is 5.32 Å². The van der Waals surface area contributed by atoms with Gasteiger partial charge in [-0.2, -0.15) is 0 Å². The third-order valence-corrected chi connectivity index (χ3v) is 1.34. The molecule has 10 heavy (non-hydrogen) atoms. The summed E-state index contributed by atoms with van der Waals surface area (Å²) in [5.41, 5.74) is 1.19. The van der Waals surface area contributed by atoms with E-state index in [1.54, 1.807) is 0 Å². The fraction of sp³-hybridized carbons (Fsp3) is 0.500. The lowest BCUT2D eigenvalue weighted by Gasteiger charge is -1.99. The number of hydrogen-bond donors (Lipinski definition) is 1. The summed E-state index contributed by atoms with van der Waals surface area (Å²) in [6.07, 6.45) is 4.89. The summed E-state index contributed by atoms with van der Waals surface area (Å²) < 4.78 is 0. The highest BCUT2D eigenvalue weighted by molar-refractivity contribution is 6.29. The van der Waals surface area contributed by atoms with Crippen LogP contribution in [-0.2, 0) is 0 Å². The molecule has 0 radical (unpaired) electrons. The predicted molar refractivity (Wildman–Crippen MR) is 47.0 cm³/mol. The Morgan fingerprint density at radius 1 is 1.50 bits per heavy atom. The van der Waals surface area contributed by atoms with E-state index in [9.17, 15) is 0 Å². The molecule has 0 saturated carbocycles. The summed E-state index contributed by atoms with van der Waals surface area (Å²) in [6.45, 7) is 3.96. The maximum absolute atomic E-state index is 5.62. The van der Waals surface area contributed by atoms with Crippen LogP contribution in [0.25, 0.3) is 0 Å². The molecule has 0 saturated heterocycles. The van der Waals surface area contributed by atoms with Crippen molar-refractivity contribution in [2.75, 3.05) is 7.05 Å². The molecule has 0 aromatic carbocycles. The van der Waals surface area contributed by atoms with Gasteiger partial charge in [0.1, 0.15) is 0 Å². The molecule has 0 amide bonds. The first kappa shape index (κ1) is 9.57. The van der Waals surface area contributed by atoms with E-state index >= 15 is 0 Å². The predicted octanol–water partition coefficient (Wildman–Crippen LogP) is 2.64. The van der Waals surface area contributed by atoms with Gasteiger partial charge in [0.05, 0.1) is 0 Å². The molecule has 0 atom stereocenters. The minimum absolute atomic E-state index is 0.807. The molecule has 0 aromatic rings. The first-order chi connectivity index (χ1) is 4.70. The smallest absolute Gasteiger partial charge is 0.0150 e.